The first-order chi connectivity index (χ1) is 8.45. The first kappa shape index (κ1) is 14.9. The maximum absolute atomic E-state index is 12.0. The number of nitrogens with one attached hydrogen (secondary N) is 1. The number of carboxylic acid groups (broad SMARTS) is 1. The molecule has 2 N–H and O–H groups in total. The average Bonchev–Trinajstić information content (AvgIpc) is 2.34. The fraction of sp³-hybridized carbons (Fsp3) is 0.385. The van der Waals surface area contributed by atoms with Crippen molar-refractivity contribution in [1.82, 2.24) is 5.32 Å². The van der Waals surface area contributed by atoms with Gasteiger partial charge in [0.25, 0.3) is 5.91 Å². The molecule has 1 amide bonds. The zero-order valence-electron chi connectivity index (χ0n) is 10.3. The van der Waals surface area contributed by atoms with E-state index in [2.05, 4.69) is 27.9 Å². The molecule has 18 heavy (non-hydrogen) atoms. The van der Waals surface area contributed by atoms with Crippen LogP contribution in [0.1, 0.15) is 30.6 Å². The molecule has 0 spiro atoms. The van der Waals surface area contributed by atoms with Gasteiger partial charge >= 0.3 is 5.97 Å². The van der Waals surface area contributed by atoms with Crippen molar-refractivity contribution in [3.8, 4) is 0 Å². The number of halogens is 1. The number of benzene rings is 1. The summed E-state index contributed by atoms with van der Waals surface area (Å²) in [5.74, 6) is -1.45. The number of aliphatic carboxylic acids is 1. The highest BCUT2D eigenvalue weighted by Gasteiger charge is 2.25. The molecule has 0 aliphatic rings. The summed E-state index contributed by atoms with van der Waals surface area (Å²) in [4.78, 5) is 23.1. The van der Waals surface area contributed by atoms with Crippen LogP contribution in [0, 0.1) is 9.49 Å². The number of amides is 1. The van der Waals surface area contributed by atoms with E-state index in [9.17, 15) is 9.59 Å². The first-order valence-electron chi connectivity index (χ1n) is 5.75. The van der Waals surface area contributed by atoms with Crippen molar-refractivity contribution in [2.45, 2.75) is 26.3 Å². The Hall–Kier alpha value is -1.11. The van der Waals surface area contributed by atoms with Crippen molar-refractivity contribution in [2.75, 3.05) is 0 Å². The van der Waals surface area contributed by atoms with E-state index in [-0.39, 0.29) is 11.8 Å². The number of carbonyl (C=O) groups excluding carboxylic acids is 1. The van der Waals surface area contributed by atoms with E-state index < -0.39 is 12.0 Å². The average molecular weight is 361 g/mol. The molecule has 0 heterocycles. The van der Waals surface area contributed by atoms with Gasteiger partial charge < -0.3 is 10.4 Å². The van der Waals surface area contributed by atoms with Gasteiger partial charge in [0, 0.05) is 9.13 Å². The summed E-state index contributed by atoms with van der Waals surface area (Å²) in [5.41, 5.74) is 0.483. The van der Waals surface area contributed by atoms with Gasteiger partial charge in [-0.15, -0.1) is 0 Å². The van der Waals surface area contributed by atoms with Crippen molar-refractivity contribution in [3.63, 3.8) is 0 Å². The van der Waals surface area contributed by atoms with Crippen molar-refractivity contribution < 1.29 is 14.7 Å². The molecule has 0 aliphatic carbocycles. The van der Waals surface area contributed by atoms with Crippen LogP contribution in [0.5, 0.6) is 0 Å². The van der Waals surface area contributed by atoms with Gasteiger partial charge in [0.1, 0.15) is 6.04 Å². The van der Waals surface area contributed by atoms with Gasteiger partial charge in [0.2, 0.25) is 0 Å². The largest absolute Gasteiger partial charge is 0.480 e. The highest BCUT2D eigenvalue weighted by Crippen LogP contribution is 2.11. The lowest BCUT2D eigenvalue weighted by Gasteiger charge is -2.20. The second-order valence-electron chi connectivity index (χ2n) is 4.19. The molecule has 1 aromatic carbocycles. The van der Waals surface area contributed by atoms with Crippen molar-refractivity contribution >= 4 is 34.5 Å². The predicted octanol–water partition coefficient (Wildman–Crippen LogP) is 2.52. The van der Waals surface area contributed by atoms with Crippen LogP contribution in [0.15, 0.2) is 24.3 Å². The molecule has 98 valence electrons. The zero-order chi connectivity index (χ0) is 13.7. The van der Waals surface area contributed by atoms with Crippen molar-refractivity contribution in [2.24, 2.45) is 5.92 Å². The number of carboxylic acids is 1. The molecular formula is C13H16INO3. The first-order valence-corrected chi connectivity index (χ1v) is 6.82. The summed E-state index contributed by atoms with van der Waals surface area (Å²) in [6.45, 7) is 3.71. The highest BCUT2D eigenvalue weighted by atomic mass is 127. The quantitative estimate of drug-likeness (QED) is 0.793. The fourth-order valence-electron chi connectivity index (χ4n) is 1.54. The molecule has 0 saturated heterocycles. The Morgan fingerprint density at radius 1 is 1.44 bits per heavy atom. The zero-order valence-corrected chi connectivity index (χ0v) is 12.5. The molecular weight excluding hydrogens is 345 g/mol. The third-order valence-corrected chi connectivity index (χ3v) is 3.52. The van der Waals surface area contributed by atoms with E-state index >= 15 is 0 Å². The van der Waals surface area contributed by atoms with E-state index in [0.717, 1.165) is 3.57 Å². The van der Waals surface area contributed by atoms with Gasteiger partial charge in [-0.05, 0) is 46.7 Å². The number of rotatable bonds is 5. The topological polar surface area (TPSA) is 66.4 Å². The molecule has 2 atom stereocenters. The second kappa shape index (κ2) is 6.72. The normalized spacial score (nSPS) is 13.7. The lowest BCUT2D eigenvalue weighted by molar-refractivity contribution is -0.140. The van der Waals surface area contributed by atoms with Gasteiger partial charge in [0.05, 0.1) is 0 Å². The minimum absolute atomic E-state index is 0.103. The van der Waals surface area contributed by atoms with E-state index in [1.807, 2.05) is 19.9 Å². The van der Waals surface area contributed by atoms with Crippen LogP contribution in [0.3, 0.4) is 0 Å². The maximum atomic E-state index is 12.0. The maximum Gasteiger partial charge on any atom is 0.326 e. The van der Waals surface area contributed by atoms with Crippen LogP contribution >= 0.6 is 22.6 Å². The Balaban J connectivity index is 2.82. The molecule has 0 saturated carbocycles. The number of hydrogen-bond donors (Lipinski definition) is 2. The van der Waals surface area contributed by atoms with Crippen LogP contribution in [0.4, 0.5) is 0 Å². The summed E-state index contributed by atoms with van der Waals surface area (Å²) >= 11 is 2.11. The van der Waals surface area contributed by atoms with Crippen molar-refractivity contribution in [1.29, 1.82) is 0 Å². The van der Waals surface area contributed by atoms with Gasteiger partial charge in [-0.1, -0.05) is 26.3 Å². The molecule has 0 fully saturated rings. The molecule has 5 heteroatoms. The van der Waals surface area contributed by atoms with Crippen LogP contribution < -0.4 is 5.32 Å². The second-order valence-corrected chi connectivity index (χ2v) is 5.43. The van der Waals surface area contributed by atoms with E-state index in [4.69, 9.17) is 5.11 Å². The molecule has 0 aromatic heterocycles. The van der Waals surface area contributed by atoms with Gasteiger partial charge in [-0.25, -0.2) is 4.79 Å². The molecule has 1 aromatic rings. The third-order valence-electron chi connectivity index (χ3n) is 2.85. The van der Waals surface area contributed by atoms with Gasteiger partial charge in [-0.3, -0.25) is 4.79 Å². The van der Waals surface area contributed by atoms with Crippen molar-refractivity contribution in [3.05, 3.63) is 33.4 Å². The Morgan fingerprint density at radius 3 is 2.61 bits per heavy atom. The van der Waals surface area contributed by atoms with Gasteiger partial charge in [0.15, 0.2) is 0 Å². The minimum atomic E-state index is -0.997. The Labute approximate surface area is 120 Å². The molecule has 2 unspecified atom stereocenters. The lowest BCUT2D eigenvalue weighted by atomic mass is 9.99. The SMILES string of the molecule is CCC(C)C(NC(=O)c1cccc(I)c1)C(=O)O. The van der Waals surface area contributed by atoms with Crippen LogP contribution in [-0.4, -0.2) is 23.0 Å². The standard InChI is InChI=1S/C13H16INO3/c1-3-8(2)11(13(17)18)15-12(16)9-5-4-6-10(14)7-9/h4-8,11H,3H2,1-2H3,(H,15,16)(H,17,18). The summed E-state index contributed by atoms with van der Waals surface area (Å²) in [6, 6.07) is 6.20. The summed E-state index contributed by atoms with van der Waals surface area (Å²) in [7, 11) is 0. The molecule has 4 nitrogen and oxygen atoms in total. The molecule has 0 radical (unpaired) electrons. The summed E-state index contributed by atoms with van der Waals surface area (Å²) in [6.07, 6.45) is 0.698. The molecule has 0 aliphatic heterocycles. The number of carbonyl (C=O) groups is 2. The smallest absolute Gasteiger partial charge is 0.326 e. The lowest BCUT2D eigenvalue weighted by Crippen LogP contribution is -2.45. The fourth-order valence-corrected chi connectivity index (χ4v) is 2.08. The highest BCUT2D eigenvalue weighted by molar-refractivity contribution is 14.1. The van der Waals surface area contributed by atoms with Crippen LogP contribution in [-0.2, 0) is 4.79 Å². The van der Waals surface area contributed by atoms with E-state index in [1.54, 1.807) is 18.2 Å². The third kappa shape index (κ3) is 3.97. The predicted molar refractivity (Wildman–Crippen MR) is 77.5 cm³/mol. The van der Waals surface area contributed by atoms with Gasteiger partial charge in [-0.2, -0.15) is 0 Å². The monoisotopic (exact) mass is 361 g/mol. The van der Waals surface area contributed by atoms with Crippen LogP contribution in [0.25, 0.3) is 0 Å². The Morgan fingerprint density at radius 2 is 2.11 bits per heavy atom. The Bertz CT molecular complexity index is 448. The minimum Gasteiger partial charge on any atom is -0.480 e. The summed E-state index contributed by atoms with van der Waals surface area (Å²) in [5, 5.41) is 11.7. The van der Waals surface area contributed by atoms with Crippen LogP contribution in [0.2, 0.25) is 0 Å². The summed E-state index contributed by atoms with van der Waals surface area (Å²) < 4.78 is 0.940. The Kier molecular flexibility index (Phi) is 5.58. The van der Waals surface area contributed by atoms with E-state index in [0.29, 0.717) is 12.0 Å². The molecule has 0 bridgehead atoms. The molecule has 1 rings (SSSR count). The number of hydrogen-bond acceptors (Lipinski definition) is 2. The van der Waals surface area contributed by atoms with E-state index in [1.165, 1.54) is 0 Å².